The first-order valence-corrected chi connectivity index (χ1v) is 6.74. The number of aryl methyl sites for hydroxylation is 2. The number of hydrogen-bond donors (Lipinski definition) is 0. The molecule has 0 unspecified atom stereocenters. The maximum Gasteiger partial charge on any atom is 0.258 e. The minimum Gasteiger partial charge on any atom is -0.311 e. The first kappa shape index (κ1) is 12.7. The van der Waals surface area contributed by atoms with E-state index in [1.54, 1.807) is 4.90 Å². The van der Waals surface area contributed by atoms with Gasteiger partial charge >= 0.3 is 0 Å². The lowest BCUT2D eigenvalue weighted by Gasteiger charge is -2.08. The van der Waals surface area contributed by atoms with Crippen LogP contribution in [0.2, 0.25) is 0 Å². The van der Waals surface area contributed by atoms with Gasteiger partial charge in [-0.25, -0.2) is 0 Å². The number of likely N-dealkylation sites (N-methyl/N-ethyl adjacent to an activating group) is 1. The predicted molar refractivity (Wildman–Crippen MR) is 83.6 cm³/mol. The van der Waals surface area contributed by atoms with E-state index < -0.39 is 0 Å². The highest BCUT2D eigenvalue weighted by Gasteiger charge is 2.29. The van der Waals surface area contributed by atoms with Crippen molar-refractivity contribution >= 4 is 23.2 Å². The summed E-state index contributed by atoms with van der Waals surface area (Å²) in [6.07, 6.45) is 1.98. The molecule has 1 heterocycles. The minimum absolute atomic E-state index is 0.0613. The van der Waals surface area contributed by atoms with E-state index in [0.29, 0.717) is 0 Å². The zero-order valence-electron chi connectivity index (χ0n) is 12.0. The van der Waals surface area contributed by atoms with Crippen LogP contribution in [0.15, 0.2) is 42.5 Å². The Morgan fingerprint density at radius 2 is 1.60 bits per heavy atom. The van der Waals surface area contributed by atoms with Crippen molar-refractivity contribution in [2.45, 2.75) is 13.8 Å². The van der Waals surface area contributed by atoms with Crippen LogP contribution in [0.5, 0.6) is 0 Å². The molecule has 2 heteroatoms. The highest BCUT2D eigenvalue weighted by atomic mass is 16.2. The van der Waals surface area contributed by atoms with Crippen LogP contribution in [-0.2, 0) is 4.79 Å². The molecule has 0 bridgehead atoms. The number of fused-ring (bicyclic) bond motifs is 1. The van der Waals surface area contributed by atoms with Gasteiger partial charge in [-0.05, 0) is 37.6 Å². The van der Waals surface area contributed by atoms with E-state index in [9.17, 15) is 4.79 Å². The number of carbonyl (C=O) groups excluding carboxylic acids is 1. The Labute approximate surface area is 119 Å². The lowest BCUT2D eigenvalue weighted by Crippen LogP contribution is -2.20. The number of carbonyl (C=O) groups is 1. The zero-order chi connectivity index (χ0) is 14.3. The lowest BCUT2D eigenvalue weighted by atomic mass is 10.0. The van der Waals surface area contributed by atoms with Gasteiger partial charge in [-0.1, -0.05) is 41.5 Å². The summed E-state index contributed by atoms with van der Waals surface area (Å²) in [5.41, 5.74) is 6.23. The summed E-state index contributed by atoms with van der Waals surface area (Å²) < 4.78 is 0. The molecule has 0 saturated heterocycles. The second kappa shape index (κ2) is 4.64. The van der Waals surface area contributed by atoms with Crippen molar-refractivity contribution in [3.05, 3.63) is 64.7 Å². The van der Waals surface area contributed by atoms with Crippen LogP contribution in [0, 0.1) is 13.8 Å². The highest BCUT2D eigenvalue weighted by Crippen LogP contribution is 2.37. The van der Waals surface area contributed by atoms with Crippen LogP contribution in [0.4, 0.5) is 5.69 Å². The maximum absolute atomic E-state index is 12.4. The standard InChI is InChI=1S/C18H17NO/c1-12-4-7-14(8-5-12)11-16-15-10-13(2)6-9-17(15)19(3)18(16)20/h4-11H,1-3H3/b16-11+. The van der Waals surface area contributed by atoms with E-state index in [-0.39, 0.29) is 5.91 Å². The van der Waals surface area contributed by atoms with Gasteiger partial charge in [0.2, 0.25) is 0 Å². The number of anilines is 1. The van der Waals surface area contributed by atoms with E-state index in [2.05, 4.69) is 25.1 Å². The molecule has 0 aromatic heterocycles. The maximum atomic E-state index is 12.4. The Morgan fingerprint density at radius 3 is 2.30 bits per heavy atom. The first-order valence-electron chi connectivity index (χ1n) is 6.74. The van der Waals surface area contributed by atoms with Gasteiger partial charge < -0.3 is 4.90 Å². The molecule has 0 radical (unpaired) electrons. The van der Waals surface area contributed by atoms with Gasteiger partial charge in [0.15, 0.2) is 0 Å². The summed E-state index contributed by atoms with van der Waals surface area (Å²) in [5, 5.41) is 0. The van der Waals surface area contributed by atoms with Crippen LogP contribution in [0.1, 0.15) is 22.3 Å². The smallest absolute Gasteiger partial charge is 0.258 e. The van der Waals surface area contributed by atoms with Crippen LogP contribution < -0.4 is 4.90 Å². The number of rotatable bonds is 1. The van der Waals surface area contributed by atoms with Crippen LogP contribution in [-0.4, -0.2) is 13.0 Å². The van der Waals surface area contributed by atoms with Gasteiger partial charge in [0.1, 0.15) is 0 Å². The second-order valence-electron chi connectivity index (χ2n) is 5.35. The highest BCUT2D eigenvalue weighted by molar-refractivity contribution is 6.35. The molecule has 0 fully saturated rings. The Morgan fingerprint density at radius 1 is 0.950 bits per heavy atom. The number of amides is 1. The molecular weight excluding hydrogens is 246 g/mol. The van der Waals surface area contributed by atoms with Gasteiger partial charge in [-0.3, -0.25) is 4.79 Å². The minimum atomic E-state index is 0.0613. The van der Waals surface area contributed by atoms with Crippen molar-refractivity contribution in [3.8, 4) is 0 Å². The molecule has 1 amide bonds. The molecule has 100 valence electrons. The van der Waals surface area contributed by atoms with Gasteiger partial charge in [-0.15, -0.1) is 0 Å². The Bertz CT molecular complexity index is 711. The van der Waals surface area contributed by atoms with Crippen molar-refractivity contribution in [2.24, 2.45) is 0 Å². The monoisotopic (exact) mass is 263 g/mol. The molecular formula is C18H17NO. The fourth-order valence-electron chi connectivity index (χ4n) is 2.53. The third-order valence-electron chi connectivity index (χ3n) is 3.73. The van der Waals surface area contributed by atoms with Crippen molar-refractivity contribution in [3.63, 3.8) is 0 Å². The third-order valence-corrected chi connectivity index (χ3v) is 3.73. The van der Waals surface area contributed by atoms with Crippen LogP contribution >= 0.6 is 0 Å². The molecule has 0 N–H and O–H groups in total. The summed E-state index contributed by atoms with van der Waals surface area (Å²) in [4.78, 5) is 14.1. The summed E-state index contributed by atoms with van der Waals surface area (Å²) in [6.45, 7) is 4.11. The van der Waals surface area contributed by atoms with Crippen molar-refractivity contribution in [1.29, 1.82) is 0 Å². The van der Waals surface area contributed by atoms with Gasteiger partial charge in [-0.2, -0.15) is 0 Å². The van der Waals surface area contributed by atoms with E-state index in [1.807, 2.05) is 44.3 Å². The molecule has 1 aliphatic heterocycles. The van der Waals surface area contributed by atoms with Crippen LogP contribution in [0.3, 0.4) is 0 Å². The topological polar surface area (TPSA) is 20.3 Å². The second-order valence-corrected chi connectivity index (χ2v) is 5.35. The normalized spacial score (nSPS) is 15.8. The molecule has 0 atom stereocenters. The molecule has 0 aliphatic carbocycles. The molecule has 2 aromatic rings. The summed E-state index contributed by atoms with van der Waals surface area (Å²) in [7, 11) is 1.83. The fraction of sp³-hybridized carbons (Fsp3) is 0.167. The Balaban J connectivity index is 2.13. The molecule has 2 aromatic carbocycles. The largest absolute Gasteiger partial charge is 0.311 e. The lowest BCUT2D eigenvalue weighted by molar-refractivity contribution is -0.112. The molecule has 1 aliphatic rings. The molecule has 20 heavy (non-hydrogen) atoms. The number of nitrogens with zero attached hydrogens (tertiary/aromatic N) is 1. The van der Waals surface area contributed by atoms with Crippen LogP contribution in [0.25, 0.3) is 11.6 Å². The van der Waals surface area contributed by atoms with Gasteiger partial charge in [0.25, 0.3) is 5.91 Å². The average molecular weight is 263 g/mol. The Kier molecular flexibility index (Phi) is 2.94. The summed E-state index contributed by atoms with van der Waals surface area (Å²) in [5.74, 6) is 0.0613. The quantitative estimate of drug-likeness (QED) is 0.716. The number of benzene rings is 2. The Hall–Kier alpha value is -2.35. The SMILES string of the molecule is Cc1ccc(/C=C2/C(=O)N(C)c3ccc(C)cc32)cc1. The van der Waals surface area contributed by atoms with E-state index in [1.165, 1.54) is 11.1 Å². The van der Waals surface area contributed by atoms with Gasteiger partial charge in [0.05, 0.1) is 5.69 Å². The molecule has 0 spiro atoms. The van der Waals surface area contributed by atoms with E-state index in [4.69, 9.17) is 0 Å². The summed E-state index contributed by atoms with van der Waals surface area (Å²) >= 11 is 0. The van der Waals surface area contributed by atoms with Gasteiger partial charge in [0, 0.05) is 18.2 Å². The van der Waals surface area contributed by atoms with Crippen molar-refractivity contribution < 1.29 is 4.79 Å². The van der Waals surface area contributed by atoms with Crippen molar-refractivity contribution in [2.75, 3.05) is 11.9 Å². The fourth-order valence-corrected chi connectivity index (χ4v) is 2.53. The van der Waals surface area contributed by atoms with E-state index in [0.717, 1.165) is 22.4 Å². The average Bonchev–Trinajstić information content (AvgIpc) is 2.66. The first-order chi connectivity index (χ1) is 9.56. The molecule has 0 saturated carbocycles. The molecule has 3 rings (SSSR count). The zero-order valence-corrected chi connectivity index (χ0v) is 12.0. The summed E-state index contributed by atoms with van der Waals surface area (Å²) in [6, 6.07) is 14.3. The third kappa shape index (κ3) is 2.03. The molecule has 2 nitrogen and oxygen atoms in total. The van der Waals surface area contributed by atoms with E-state index >= 15 is 0 Å². The van der Waals surface area contributed by atoms with Crippen molar-refractivity contribution in [1.82, 2.24) is 0 Å². The number of hydrogen-bond acceptors (Lipinski definition) is 1. The predicted octanol–water partition coefficient (Wildman–Crippen LogP) is 3.82.